The second kappa shape index (κ2) is 10.1. The SMILES string of the molecule is CNC(=O)c1cc(Oc2ccc(NNC(=O)Nc3ccc(Cl)c(C(F)(F)F)c3)cc2)ccn1. The van der Waals surface area contributed by atoms with Crippen LogP contribution in [0.4, 0.5) is 29.3 Å². The monoisotopic (exact) mass is 479 g/mol. The molecular formula is C21H17ClF3N5O3. The number of alkyl halides is 3. The molecule has 0 spiro atoms. The van der Waals surface area contributed by atoms with Gasteiger partial charge in [-0.3, -0.25) is 20.6 Å². The molecule has 0 saturated carbocycles. The van der Waals surface area contributed by atoms with E-state index in [1.54, 1.807) is 30.3 Å². The van der Waals surface area contributed by atoms with Gasteiger partial charge in [0.15, 0.2) is 0 Å². The summed E-state index contributed by atoms with van der Waals surface area (Å²) >= 11 is 5.56. The quantitative estimate of drug-likeness (QED) is 0.370. The summed E-state index contributed by atoms with van der Waals surface area (Å²) < 4.78 is 44.4. The number of anilines is 2. The van der Waals surface area contributed by atoms with E-state index in [4.69, 9.17) is 16.3 Å². The van der Waals surface area contributed by atoms with Crippen molar-refractivity contribution in [1.82, 2.24) is 15.7 Å². The van der Waals surface area contributed by atoms with E-state index in [-0.39, 0.29) is 17.3 Å². The Morgan fingerprint density at radius 1 is 0.970 bits per heavy atom. The van der Waals surface area contributed by atoms with Crippen molar-refractivity contribution in [2.75, 3.05) is 17.8 Å². The molecule has 0 unspecified atom stereocenters. The summed E-state index contributed by atoms with van der Waals surface area (Å²) in [7, 11) is 1.49. The molecule has 3 amide bonds. The molecule has 3 rings (SSSR count). The van der Waals surface area contributed by atoms with Gasteiger partial charge in [-0.15, -0.1) is 0 Å². The zero-order valence-electron chi connectivity index (χ0n) is 17.0. The fraction of sp³-hybridized carbons (Fsp3) is 0.0952. The first kappa shape index (κ1) is 23.7. The number of rotatable bonds is 6. The molecule has 4 N–H and O–H groups in total. The predicted molar refractivity (Wildman–Crippen MR) is 116 cm³/mol. The largest absolute Gasteiger partial charge is 0.457 e. The number of benzene rings is 2. The standard InChI is InChI=1S/C21H17ClF3N5O3/c1-26-19(31)18-11-15(8-9-27-18)33-14-5-2-12(3-6-14)29-30-20(32)28-13-4-7-17(22)16(10-13)21(23,24)25/h2-11,29H,1H3,(H,26,31)(H2,28,30,32). The van der Waals surface area contributed by atoms with E-state index >= 15 is 0 Å². The van der Waals surface area contributed by atoms with Crippen molar-refractivity contribution in [2.24, 2.45) is 0 Å². The number of ether oxygens (including phenoxy) is 1. The number of hydrogen-bond acceptors (Lipinski definition) is 5. The molecule has 8 nitrogen and oxygen atoms in total. The number of hydrazine groups is 1. The lowest BCUT2D eigenvalue weighted by Gasteiger charge is -2.13. The van der Waals surface area contributed by atoms with Crippen LogP contribution in [0.25, 0.3) is 0 Å². The number of nitrogens with one attached hydrogen (secondary N) is 4. The molecule has 2 aromatic carbocycles. The number of nitrogens with zero attached hydrogens (tertiary/aromatic N) is 1. The Balaban J connectivity index is 1.55. The molecule has 0 radical (unpaired) electrons. The summed E-state index contributed by atoms with van der Waals surface area (Å²) in [6, 6.07) is 11.7. The van der Waals surface area contributed by atoms with Crippen molar-refractivity contribution in [3.8, 4) is 11.5 Å². The summed E-state index contributed by atoms with van der Waals surface area (Å²) in [5, 5.41) is 4.28. The molecule has 0 saturated heterocycles. The molecule has 1 aromatic heterocycles. The lowest BCUT2D eigenvalue weighted by atomic mass is 10.2. The molecular weight excluding hydrogens is 463 g/mol. The maximum absolute atomic E-state index is 12.9. The van der Waals surface area contributed by atoms with Crippen molar-refractivity contribution in [1.29, 1.82) is 0 Å². The van der Waals surface area contributed by atoms with E-state index in [9.17, 15) is 22.8 Å². The molecule has 0 aliphatic carbocycles. The summed E-state index contributed by atoms with van der Waals surface area (Å²) in [5.41, 5.74) is 4.47. The molecule has 33 heavy (non-hydrogen) atoms. The minimum atomic E-state index is -4.65. The number of carbonyl (C=O) groups excluding carboxylic acids is 2. The van der Waals surface area contributed by atoms with Crippen molar-refractivity contribution < 1.29 is 27.5 Å². The molecule has 0 aliphatic rings. The number of carbonyl (C=O) groups is 2. The molecule has 0 fully saturated rings. The molecule has 1 heterocycles. The Hall–Kier alpha value is -3.99. The van der Waals surface area contributed by atoms with Gasteiger partial charge in [0, 0.05) is 25.0 Å². The van der Waals surface area contributed by atoms with Gasteiger partial charge in [-0.25, -0.2) is 4.79 Å². The third-order valence-corrected chi connectivity index (χ3v) is 4.46. The Bertz CT molecular complexity index is 1160. The van der Waals surface area contributed by atoms with Gasteiger partial charge in [0.1, 0.15) is 17.2 Å². The van der Waals surface area contributed by atoms with Crippen LogP contribution in [0.3, 0.4) is 0 Å². The van der Waals surface area contributed by atoms with Gasteiger partial charge in [0.25, 0.3) is 5.91 Å². The van der Waals surface area contributed by atoms with Gasteiger partial charge < -0.3 is 15.4 Å². The van der Waals surface area contributed by atoms with E-state index < -0.39 is 22.8 Å². The van der Waals surface area contributed by atoms with Crippen LogP contribution in [0.1, 0.15) is 16.1 Å². The van der Waals surface area contributed by atoms with Crippen LogP contribution >= 0.6 is 11.6 Å². The van der Waals surface area contributed by atoms with E-state index in [1.807, 2.05) is 0 Å². The molecule has 0 bridgehead atoms. The Kier molecular flexibility index (Phi) is 7.23. The fourth-order valence-electron chi connectivity index (χ4n) is 2.58. The number of halogens is 4. The maximum atomic E-state index is 12.9. The third kappa shape index (κ3) is 6.50. The van der Waals surface area contributed by atoms with Crippen LogP contribution in [0.5, 0.6) is 11.5 Å². The first-order valence-electron chi connectivity index (χ1n) is 9.31. The van der Waals surface area contributed by atoms with Crippen LogP contribution < -0.4 is 26.2 Å². The minimum Gasteiger partial charge on any atom is -0.457 e. The zero-order chi connectivity index (χ0) is 24.0. The van der Waals surface area contributed by atoms with E-state index in [0.29, 0.717) is 17.2 Å². The molecule has 12 heteroatoms. The van der Waals surface area contributed by atoms with Crippen LogP contribution in [-0.2, 0) is 6.18 Å². The number of aromatic nitrogens is 1. The topological polar surface area (TPSA) is 104 Å². The number of amides is 3. The molecule has 0 aliphatic heterocycles. The second-order valence-electron chi connectivity index (χ2n) is 6.48. The fourth-order valence-corrected chi connectivity index (χ4v) is 2.81. The van der Waals surface area contributed by atoms with Gasteiger partial charge in [0.05, 0.1) is 16.3 Å². The van der Waals surface area contributed by atoms with E-state index in [0.717, 1.165) is 12.1 Å². The Morgan fingerprint density at radius 2 is 1.67 bits per heavy atom. The average Bonchev–Trinajstić information content (AvgIpc) is 2.79. The van der Waals surface area contributed by atoms with Crippen LogP contribution in [0.2, 0.25) is 5.02 Å². The van der Waals surface area contributed by atoms with Crippen LogP contribution in [0.15, 0.2) is 60.8 Å². The van der Waals surface area contributed by atoms with Crippen LogP contribution in [-0.4, -0.2) is 24.0 Å². The highest BCUT2D eigenvalue weighted by Gasteiger charge is 2.33. The first-order chi connectivity index (χ1) is 15.7. The highest BCUT2D eigenvalue weighted by molar-refractivity contribution is 6.31. The number of hydrogen-bond donors (Lipinski definition) is 4. The molecule has 3 aromatic rings. The predicted octanol–water partition coefficient (Wildman–Crippen LogP) is 5.05. The second-order valence-corrected chi connectivity index (χ2v) is 6.89. The zero-order valence-corrected chi connectivity index (χ0v) is 17.7. The van der Waals surface area contributed by atoms with Crippen LogP contribution in [0, 0.1) is 0 Å². The van der Waals surface area contributed by atoms with Gasteiger partial charge in [-0.05, 0) is 48.5 Å². The van der Waals surface area contributed by atoms with Gasteiger partial charge >= 0.3 is 12.2 Å². The molecule has 0 atom stereocenters. The van der Waals surface area contributed by atoms with Crippen molar-refractivity contribution in [2.45, 2.75) is 6.18 Å². The highest BCUT2D eigenvalue weighted by atomic mass is 35.5. The minimum absolute atomic E-state index is 0.0803. The number of pyridine rings is 1. The van der Waals surface area contributed by atoms with Crippen molar-refractivity contribution in [3.05, 3.63) is 77.1 Å². The lowest BCUT2D eigenvalue weighted by Crippen LogP contribution is -2.33. The smallest absolute Gasteiger partial charge is 0.417 e. The van der Waals surface area contributed by atoms with Crippen molar-refractivity contribution >= 4 is 34.9 Å². The van der Waals surface area contributed by atoms with Crippen molar-refractivity contribution in [3.63, 3.8) is 0 Å². The lowest BCUT2D eigenvalue weighted by molar-refractivity contribution is -0.137. The van der Waals surface area contributed by atoms with Gasteiger partial charge in [0.2, 0.25) is 0 Å². The normalized spacial score (nSPS) is 10.8. The Morgan fingerprint density at radius 3 is 2.33 bits per heavy atom. The van der Waals surface area contributed by atoms with E-state index in [2.05, 4.69) is 26.5 Å². The number of urea groups is 1. The maximum Gasteiger partial charge on any atom is 0.417 e. The summed E-state index contributed by atoms with van der Waals surface area (Å²) in [5.74, 6) is 0.514. The highest BCUT2D eigenvalue weighted by Crippen LogP contribution is 2.36. The summed E-state index contributed by atoms with van der Waals surface area (Å²) in [6.45, 7) is 0. The van der Waals surface area contributed by atoms with Gasteiger partial charge in [-0.2, -0.15) is 13.2 Å². The van der Waals surface area contributed by atoms with Gasteiger partial charge in [-0.1, -0.05) is 11.6 Å². The first-order valence-corrected chi connectivity index (χ1v) is 9.69. The summed E-state index contributed by atoms with van der Waals surface area (Å²) in [4.78, 5) is 27.6. The molecule has 172 valence electrons. The third-order valence-electron chi connectivity index (χ3n) is 4.13. The average molecular weight is 480 g/mol. The summed E-state index contributed by atoms with van der Waals surface area (Å²) in [6.07, 6.45) is -3.20. The van der Waals surface area contributed by atoms with E-state index in [1.165, 1.54) is 25.4 Å². The Labute approximate surface area is 191 Å².